The van der Waals surface area contributed by atoms with Crippen molar-refractivity contribution >= 4 is 24.0 Å². The molecule has 0 spiro atoms. The molecule has 1 aromatic carbocycles. The fourth-order valence-corrected chi connectivity index (χ4v) is 4.12. The predicted octanol–water partition coefficient (Wildman–Crippen LogP) is 3.79. The van der Waals surface area contributed by atoms with Gasteiger partial charge in [0.05, 0.1) is 11.6 Å². The van der Waals surface area contributed by atoms with Crippen molar-refractivity contribution in [3.8, 4) is 6.07 Å². The minimum atomic E-state index is -4.31. The molecule has 2 aliphatic rings. The van der Waals surface area contributed by atoms with Crippen LogP contribution in [0.5, 0.6) is 0 Å². The van der Waals surface area contributed by atoms with E-state index in [0.717, 1.165) is 71.1 Å². The Labute approximate surface area is 181 Å². The minimum Gasteiger partial charge on any atom is -0.369 e. The Kier molecular flexibility index (Phi) is 8.80. The summed E-state index contributed by atoms with van der Waals surface area (Å²) in [4.78, 5) is 17.9. The van der Waals surface area contributed by atoms with Crippen molar-refractivity contribution in [2.24, 2.45) is 5.92 Å². The Balaban J connectivity index is 0.00000320. The molecule has 0 N–H and O–H groups in total. The summed E-state index contributed by atoms with van der Waals surface area (Å²) in [6, 6.07) is 7.47. The summed E-state index contributed by atoms with van der Waals surface area (Å²) in [5.74, 6) is 0.513. The van der Waals surface area contributed by atoms with E-state index >= 15 is 0 Å². The summed E-state index contributed by atoms with van der Waals surface area (Å²) in [6.07, 6.45) is -1.33. The number of carbonyl (C=O) groups is 1. The summed E-state index contributed by atoms with van der Waals surface area (Å²) < 4.78 is 38.8. The number of carbonyl (C=O) groups excluding carboxylic acids is 1. The van der Waals surface area contributed by atoms with Gasteiger partial charge in [0.15, 0.2) is 0 Å². The number of amides is 1. The molecule has 2 heterocycles. The van der Waals surface area contributed by atoms with Crippen LogP contribution < -0.4 is 4.90 Å². The van der Waals surface area contributed by atoms with Gasteiger partial charge in [0.25, 0.3) is 0 Å². The zero-order valence-electron chi connectivity index (χ0n) is 16.9. The molecule has 30 heavy (non-hydrogen) atoms. The lowest BCUT2D eigenvalue weighted by molar-refractivity contribution is -0.137. The number of anilines is 1. The highest BCUT2D eigenvalue weighted by Gasteiger charge is 2.31. The third kappa shape index (κ3) is 6.51. The van der Waals surface area contributed by atoms with E-state index in [1.54, 1.807) is 11.0 Å². The van der Waals surface area contributed by atoms with Gasteiger partial charge in [0, 0.05) is 45.0 Å². The second kappa shape index (κ2) is 10.9. The maximum atomic E-state index is 12.9. The monoisotopic (exact) mass is 444 g/mol. The van der Waals surface area contributed by atoms with Crippen molar-refractivity contribution in [1.82, 2.24) is 9.80 Å². The number of piperidine rings is 1. The molecule has 0 aromatic heterocycles. The van der Waals surface area contributed by atoms with Crippen LogP contribution in [0.15, 0.2) is 24.3 Å². The SMILES string of the molecule is Cl.N#CCC(=O)N1CCC(CCN2CCN(c3cccc(C(F)(F)F)c3)CC2)CC1. The number of nitriles is 1. The first-order valence-corrected chi connectivity index (χ1v) is 10.2. The van der Waals surface area contributed by atoms with Crippen molar-refractivity contribution < 1.29 is 18.0 Å². The Morgan fingerprint density at radius 3 is 2.37 bits per heavy atom. The van der Waals surface area contributed by atoms with Gasteiger partial charge < -0.3 is 9.80 Å². The smallest absolute Gasteiger partial charge is 0.369 e. The standard InChI is InChI=1S/C21H27F3N4O.ClH/c22-21(23,24)18-2-1-3-19(16-18)27-14-12-26(13-15-27)9-5-17-6-10-28(11-7-17)20(29)4-8-25;/h1-3,16-17H,4-7,9-15H2;1H. The highest BCUT2D eigenvalue weighted by Crippen LogP contribution is 2.32. The third-order valence-electron chi connectivity index (χ3n) is 5.96. The fourth-order valence-electron chi connectivity index (χ4n) is 4.12. The van der Waals surface area contributed by atoms with Gasteiger partial charge in [0.1, 0.15) is 6.42 Å². The Morgan fingerprint density at radius 2 is 1.77 bits per heavy atom. The van der Waals surface area contributed by atoms with Gasteiger partial charge in [-0.1, -0.05) is 6.07 Å². The largest absolute Gasteiger partial charge is 0.416 e. The third-order valence-corrected chi connectivity index (χ3v) is 5.96. The van der Waals surface area contributed by atoms with E-state index in [0.29, 0.717) is 11.6 Å². The van der Waals surface area contributed by atoms with Gasteiger partial charge in [-0.25, -0.2) is 0 Å². The van der Waals surface area contributed by atoms with Crippen LogP contribution in [0.1, 0.15) is 31.2 Å². The molecule has 0 aliphatic carbocycles. The highest BCUT2D eigenvalue weighted by atomic mass is 35.5. The van der Waals surface area contributed by atoms with Crippen LogP contribution in [0.3, 0.4) is 0 Å². The molecule has 5 nitrogen and oxygen atoms in total. The first kappa shape index (κ1) is 24.3. The maximum absolute atomic E-state index is 12.9. The number of rotatable bonds is 5. The van der Waals surface area contributed by atoms with E-state index < -0.39 is 11.7 Å². The molecule has 166 valence electrons. The minimum absolute atomic E-state index is 0. The second-order valence-electron chi connectivity index (χ2n) is 7.82. The quantitative estimate of drug-likeness (QED) is 0.693. The normalized spacial score (nSPS) is 18.6. The molecule has 1 aromatic rings. The van der Waals surface area contributed by atoms with Gasteiger partial charge in [0.2, 0.25) is 5.91 Å². The van der Waals surface area contributed by atoms with Crippen LogP contribution in [0, 0.1) is 17.2 Å². The molecule has 0 radical (unpaired) electrons. The molecule has 2 aliphatic heterocycles. The molecule has 0 unspecified atom stereocenters. The van der Waals surface area contributed by atoms with Gasteiger partial charge in [-0.2, -0.15) is 18.4 Å². The van der Waals surface area contributed by atoms with Crippen LogP contribution in [0.2, 0.25) is 0 Å². The summed E-state index contributed by atoms with van der Waals surface area (Å²) in [5.41, 5.74) is 0.0332. The average Bonchev–Trinajstić information content (AvgIpc) is 2.73. The zero-order valence-corrected chi connectivity index (χ0v) is 17.7. The first-order chi connectivity index (χ1) is 13.9. The van der Waals surface area contributed by atoms with Gasteiger partial charge >= 0.3 is 6.18 Å². The van der Waals surface area contributed by atoms with Crippen molar-refractivity contribution in [3.05, 3.63) is 29.8 Å². The summed E-state index contributed by atoms with van der Waals surface area (Å²) in [5, 5.41) is 8.63. The molecular formula is C21H28ClF3N4O. The molecule has 0 atom stereocenters. The number of hydrogen-bond acceptors (Lipinski definition) is 4. The van der Waals surface area contributed by atoms with Gasteiger partial charge in [-0.15, -0.1) is 12.4 Å². The maximum Gasteiger partial charge on any atom is 0.416 e. The number of halogens is 4. The number of nitrogens with zero attached hydrogens (tertiary/aromatic N) is 4. The number of benzene rings is 1. The summed E-state index contributed by atoms with van der Waals surface area (Å²) in [6.45, 7) is 5.58. The molecular weight excluding hydrogens is 417 g/mol. The zero-order chi connectivity index (χ0) is 20.9. The molecule has 3 rings (SSSR count). The van der Waals surface area contributed by atoms with Crippen molar-refractivity contribution in [3.63, 3.8) is 0 Å². The van der Waals surface area contributed by atoms with E-state index in [-0.39, 0.29) is 24.7 Å². The van der Waals surface area contributed by atoms with Crippen LogP contribution in [-0.4, -0.2) is 61.5 Å². The number of likely N-dealkylation sites (tertiary alicyclic amines) is 1. The topological polar surface area (TPSA) is 50.6 Å². The number of hydrogen-bond donors (Lipinski definition) is 0. The van der Waals surface area contributed by atoms with E-state index in [9.17, 15) is 18.0 Å². The Bertz CT molecular complexity index is 737. The van der Waals surface area contributed by atoms with Crippen LogP contribution >= 0.6 is 12.4 Å². The molecule has 2 saturated heterocycles. The first-order valence-electron chi connectivity index (χ1n) is 10.2. The van der Waals surface area contributed by atoms with Crippen molar-refractivity contribution in [1.29, 1.82) is 5.26 Å². The lowest BCUT2D eigenvalue weighted by atomic mass is 9.93. The molecule has 9 heteroatoms. The van der Waals surface area contributed by atoms with E-state index in [4.69, 9.17) is 5.26 Å². The van der Waals surface area contributed by atoms with E-state index in [1.807, 2.05) is 11.0 Å². The molecule has 0 bridgehead atoms. The highest BCUT2D eigenvalue weighted by molar-refractivity contribution is 5.85. The fraction of sp³-hybridized carbons (Fsp3) is 0.619. The lowest BCUT2D eigenvalue weighted by Gasteiger charge is -2.37. The van der Waals surface area contributed by atoms with Crippen LogP contribution in [0.4, 0.5) is 18.9 Å². The van der Waals surface area contributed by atoms with Crippen LogP contribution in [-0.2, 0) is 11.0 Å². The van der Waals surface area contributed by atoms with Crippen molar-refractivity contribution in [2.75, 3.05) is 50.7 Å². The van der Waals surface area contributed by atoms with Crippen LogP contribution in [0.25, 0.3) is 0 Å². The van der Waals surface area contributed by atoms with Crippen molar-refractivity contribution in [2.45, 2.75) is 31.9 Å². The van der Waals surface area contributed by atoms with E-state index in [2.05, 4.69) is 4.90 Å². The number of alkyl halides is 3. The lowest BCUT2D eigenvalue weighted by Crippen LogP contribution is -2.47. The number of piperazine rings is 1. The average molecular weight is 445 g/mol. The summed E-state index contributed by atoms with van der Waals surface area (Å²) >= 11 is 0. The summed E-state index contributed by atoms with van der Waals surface area (Å²) in [7, 11) is 0. The molecule has 0 saturated carbocycles. The second-order valence-corrected chi connectivity index (χ2v) is 7.82. The van der Waals surface area contributed by atoms with E-state index in [1.165, 1.54) is 12.1 Å². The molecule has 1 amide bonds. The Hall–Kier alpha value is -1.98. The molecule has 2 fully saturated rings. The van der Waals surface area contributed by atoms with Gasteiger partial charge in [-0.05, 0) is 49.9 Å². The Morgan fingerprint density at radius 1 is 1.10 bits per heavy atom. The van der Waals surface area contributed by atoms with Gasteiger partial charge in [-0.3, -0.25) is 9.69 Å². The predicted molar refractivity (Wildman–Crippen MR) is 111 cm³/mol.